The molecule has 0 radical (unpaired) electrons. The number of carbonyl (C=O) groups is 2. The Kier molecular flexibility index (Phi) is 8.32. The summed E-state index contributed by atoms with van der Waals surface area (Å²) in [5, 5.41) is 13.9. The number of carboxylic acid groups (broad SMARTS) is 1. The van der Waals surface area contributed by atoms with Crippen LogP contribution in [0.1, 0.15) is 63.6 Å². The van der Waals surface area contributed by atoms with E-state index in [0.717, 1.165) is 22.6 Å². The van der Waals surface area contributed by atoms with Crippen LogP contribution in [0.25, 0.3) is 0 Å². The predicted molar refractivity (Wildman–Crippen MR) is 122 cm³/mol. The van der Waals surface area contributed by atoms with Gasteiger partial charge in [0.15, 0.2) is 5.72 Å². The van der Waals surface area contributed by atoms with Crippen LogP contribution in [0, 0.1) is 0 Å². The number of nitrogens with zero attached hydrogens (tertiary/aromatic N) is 2. The molecule has 6 nitrogen and oxygen atoms in total. The van der Waals surface area contributed by atoms with E-state index in [9.17, 15) is 14.7 Å². The molecule has 2 aromatic heterocycles. The molecule has 0 spiro atoms. The molecule has 2 rings (SSSR count). The summed E-state index contributed by atoms with van der Waals surface area (Å²) in [6, 6.07) is 7.86. The number of amides is 2. The van der Waals surface area contributed by atoms with E-state index in [4.69, 9.17) is 4.74 Å². The SMILES string of the molecule is CCCC[C@@](C)(OC(=O)N(Cc1cccs1)Cc1cccs1)N(C(=O)O)C(C)(C)C. The largest absolute Gasteiger partial charge is 0.465 e. The summed E-state index contributed by atoms with van der Waals surface area (Å²) in [5.74, 6) is 0. The van der Waals surface area contributed by atoms with Crippen molar-refractivity contribution in [3.8, 4) is 0 Å². The second kappa shape index (κ2) is 10.3. The van der Waals surface area contributed by atoms with Crippen LogP contribution in [0.3, 0.4) is 0 Å². The summed E-state index contributed by atoms with van der Waals surface area (Å²) in [7, 11) is 0. The first kappa shape index (κ1) is 24.2. The summed E-state index contributed by atoms with van der Waals surface area (Å²) < 4.78 is 5.99. The van der Waals surface area contributed by atoms with Crippen molar-refractivity contribution in [3.63, 3.8) is 0 Å². The highest BCUT2D eigenvalue weighted by Crippen LogP contribution is 2.32. The molecule has 1 atom stereocenters. The highest BCUT2D eigenvalue weighted by Gasteiger charge is 2.45. The summed E-state index contributed by atoms with van der Waals surface area (Å²) in [5.41, 5.74) is -1.98. The van der Waals surface area contributed by atoms with Crippen molar-refractivity contribution in [1.82, 2.24) is 9.80 Å². The molecule has 166 valence electrons. The molecule has 2 heterocycles. The van der Waals surface area contributed by atoms with Crippen LogP contribution >= 0.6 is 22.7 Å². The zero-order chi connectivity index (χ0) is 22.4. The van der Waals surface area contributed by atoms with Gasteiger partial charge in [0.1, 0.15) is 0 Å². The molecule has 0 saturated heterocycles. The molecular weight excluding hydrogens is 420 g/mol. The third kappa shape index (κ3) is 6.47. The van der Waals surface area contributed by atoms with Gasteiger partial charge in [-0.2, -0.15) is 0 Å². The first-order valence-electron chi connectivity index (χ1n) is 10.1. The fourth-order valence-electron chi connectivity index (χ4n) is 3.53. The van der Waals surface area contributed by atoms with Gasteiger partial charge in [0.2, 0.25) is 0 Å². The van der Waals surface area contributed by atoms with Gasteiger partial charge in [-0.25, -0.2) is 9.59 Å². The van der Waals surface area contributed by atoms with Gasteiger partial charge in [-0.1, -0.05) is 25.5 Å². The van der Waals surface area contributed by atoms with Crippen molar-refractivity contribution in [1.29, 1.82) is 0 Å². The van der Waals surface area contributed by atoms with Crippen LogP contribution < -0.4 is 0 Å². The molecular formula is C22H32N2O4S2. The molecule has 0 unspecified atom stereocenters. The average Bonchev–Trinajstić information content (AvgIpc) is 3.31. The third-order valence-electron chi connectivity index (χ3n) is 4.75. The lowest BCUT2D eigenvalue weighted by atomic mass is 9.98. The maximum absolute atomic E-state index is 13.3. The smallest absolute Gasteiger partial charge is 0.412 e. The van der Waals surface area contributed by atoms with E-state index >= 15 is 0 Å². The van der Waals surface area contributed by atoms with E-state index < -0.39 is 23.5 Å². The Morgan fingerprint density at radius 2 is 1.57 bits per heavy atom. The predicted octanol–water partition coefficient (Wildman–Crippen LogP) is 6.63. The third-order valence-corrected chi connectivity index (χ3v) is 6.47. The lowest BCUT2D eigenvalue weighted by Crippen LogP contribution is -2.60. The number of thiophene rings is 2. The van der Waals surface area contributed by atoms with E-state index in [0.29, 0.717) is 19.5 Å². The van der Waals surface area contributed by atoms with Crippen LogP contribution in [0.15, 0.2) is 35.0 Å². The monoisotopic (exact) mass is 452 g/mol. The summed E-state index contributed by atoms with van der Waals surface area (Å²) in [6.45, 7) is 10.0. The number of carbonyl (C=O) groups excluding carboxylic acids is 1. The quantitative estimate of drug-likeness (QED) is 0.433. The van der Waals surface area contributed by atoms with Gasteiger partial charge in [0.05, 0.1) is 13.1 Å². The Balaban J connectivity index is 2.31. The normalized spacial score (nSPS) is 13.5. The zero-order valence-electron chi connectivity index (χ0n) is 18.4. The minimum Gasteiger partial charge on any atom is -0.465 e. The highest BCUT2D eigenvalue weighted by atomic mass is 32.1. The van der Waals surface area contributed by atoms with Crippen molar-refractivity contribution in [2.75, 3.05) is 0 Å². The summed E-state index contributed by atoms with van der Waals surface area (Å²) >= 11 is 3.16. The molecule has 0 saturated carbocycles. The van der Waals surface area contributed by atoms with Crippen molar-refractivity contribution >= 4 is 34.9 Å². The minimum absolute atomic E-state index is 0.418. The maximum atomic E-state index is 13.3. The molecule has 0 aromatic carbocycles. The molecule has 0 aliphatic rings. The maximum Gasteiger partial charge on any atom is 0.412 e. The molecule has 1 N–H and O–H groups in total. The Morgan fingerprint density at radius 1 is 1.03 bits per heavy atom. The summed E-state index contributed by atoms with van der Waals surface area (Å²) in [4.78, 5) is 30.5. The lowest BCUT2D eigenvalue weighted by molar-refractivity contribution is -0.131. The van der Waals surface area contributed by atoms with Crippen molar-refractivity contribution < 1.29 is 19.4 Å². The number of unbranched alkanes of at least 4 members (excludes halogenated alkanes) is 1. The fourth-order valence-corrected chi connectivity index (χ4v) is 4.97. The molecule has 2 aromatic rings. The van der Waals surface area contributed by atoms with Crippen LogP contribution in [0.2, 0.25) is 0 Å². The first-order valence-corrected chi connectivity index (χ1v) is 11.9. The topological polar surface area (TPSA) is 70.1 Å². The van der Waals surface area contributed by atoms with Crippen LogP contribution in [-0.2, 0) is 17.8 Å². The van der Waals surface area contributed by atoms with E-state index in [1.165, 1.54) is 4.90 Å². The highest BCUT2D eigenvalue weighted by molar-refractivity contribution is 7.10. The van der Waals surface area contributed by atoms with Gasteiger partial charge < -0.3 is 9.84 Å². The molecule has 0 bridgehead atoms. The van der Waals surface area contributed by atoms with E-state index in [2.05, 4.69) is 0 Å². The number of hydrogen-bond acceptors (Lipinski definition) is 5. The van der Waals surface area contributed by atoms with E-state index in [1.807, 2.05) is 62.7 Å². The molecule has 8 heteroatoms. The van der Waals surface area contributed by atoms with Gasteiger partial charge in [-0.3, -0.25) is 9.80 Å². The Hall–Kier alpha value is -2.06. The second-order valence-corrected chi connectivity index (χ2v) is 10.5. The molecule has 0 aliphatic heterocycles. The second-order valence-electron chi connectivity index (χ2n) is 8.45. The van der Waals surface area contributed by atoms with Gasteiger partial charge in [0.25, 0.3) is 0 Å². The molecule has 30 heavy (non-hydrogen) atoms. The van der Waals surface area contributed by atoms with Crippen molar-refractivity contribution in [2.24, 2.45) is 0 Å². The number of ether oxygens (including phenoxy) is 1. The van der Waals surface area contributed by atoms with Gasteiger partial charge in [-0.05, 0) is 57.0 Å². The standard InChI is InChI=1S/C22H32N2O4S2/c1-6-7-12-22(5,24(19(25)26)21(2,3)4)28-20(27)23(15-17-10-8-13-29-17)16-18-11-9-14-30-18/h8-11,13-14H,6-7,12,15-16H2,1-5H3,(H,25,26)/t22-/m1/s1. The Bertz CT molecular complexity index is 763. The van der Waals surface area contributed by atoms with Crippen molar-refractivity contribution in [3.05, 3.63) is 44.8 Å². The minimum atomic E-state index is -1.26. The van der Waals surface area contributed by atoms with E-state index in [1.54, 1.807) is 34.5 Å². The molecule has 0 aliphatic carbocycles. The fraction of sp³-hybridized carbons (Fsp3) is 0.545. The Morgan fingerprint density at radius 3 is 1.93 bits per heavy atom. The van der Waals surface area contributed by atoms with Crippen LogP contribution in [0.4, 0.5) is 9.59 Å². The summed E-state index contributed by atoms with van der Waals surface area (Å²) in [6.07, 6.45) is 0.450. The van der Waals surface area contributed by atoms with Gasteiger partial charge in [0, 0.05) is 21.7 Å². The van der Waals surface area contributed by atoms with Gasteiger partial charge >= 0.3 is 12.2 Å². The number of hydrogen-bond donors (Lipinski definition) is 1. The molecule has 2 amide bonds. The Labute approximate surface area is 187 Å². The van der Waals surface area contributed by atoms with E-state index in [-0.39, 0.29) is 0 Å². The van der Waals surface area contributed by atoms with Crippen molar-refractivity contribution in [2.45, 2.75) is 78.2 Å². The van der Waals surface area contributed by atoms with Crippen LogP contribution in [0.5, 0.6) is 0 Å². The lowest BCUT2D eigenvalue weighted by Gasteiger charge is -2.46. The van der Waals surface area contributed by atoms with Crippen LogP contribution in [-0.4, -0.2) is 38.4 Å². The molecule has 0 fully saturated rings. The zero-order valence-corrected chi connectivity index (χ0v) is 20.0. The van der Waals surface area contributed by atoms with Gasteiger partial charge in [-0.15, -0.1) is 22.7 Å². The first-order chi connectivity index (χ1) is 14.1. The average molecular weight is 453 g/mol. The number of rotatable bonds is 9.